The Morgan fingerprint density at radius 3 is 2.53 bits per heavy atom. The van der Waals surface area contributed by atoms with E-state index >= 15 is 0 Å². The van der Waals surface area contributed by atoms with Gasteiger partial charge in [-0.15, -0.1) is 0 Å². The van der Waals surface area contributed by atoms with Gasteiger partial charge in [-0.2, -0.15) is 0 Å². The highest BCUT2D eigenvalue weighted by molar-refractivity contribution is 5.75. The molecule has 0 aliphatic rings. The van der Waals surface area contributed by atoms with E-state index in [-0.39, 0.29) is 5.92 Å². The number of carbonyl (C=O) groups is 1. The minimum absolute atomic E-state index is 0.334. The van der Waals surface area contributed by atoms with Crippen LogP contribution in [0, 0.1) is 0 Å². The molecular formula is C10H11N3O2. The lowest BCUT2D eigenvalue weighted by atomic mass is 9.94. The number of benzene rings is 1. The fourth-order valence-corrected chi connectivity index (χ4v) is 1.36. The normalized spacial score (nSPS) is 13.7. The number of nitrogens with zero attached hydrogens (tertiary/aromatic N) is 3. The summed E-state index contributed by atoms with van der Waals surface area (Å²) in [4.78, 5) is 13.4. The Labute approximate surface area is 87.0 Å². The van der Waals surface area contributed by atoms with E-state index in [4.69, 9.17) is 10.6 Å². The van der Waals surface area contributed by atoms with E-state index in [9.17, 15) is 4.79 Å². The summed E-state index contributed by atoms with van der Waals surface area (Å²) >= 11 is 0. The smallest absolute Gasteiger partial charge is 0.313 e. The van der Waals surface area contributed by atoms with Crippen molar-refractivity contribution in [3.63, 3.8) is 0 Å². The van der Waals surface area contributed by atoms with Crippen molar-refractivity contribution in [2.75, 3.05) is 0 Å². The standard InChI is InChI=1S/C10H11N3O2/c1-7(8-5-3-2-4-6-8)9(10(14)15)12-13-11/h2-7,9H,1H3,(H,14,15)/t7-,9+/m1/s1. The van der Waals surface area contributed by atoms with Crippen molar-refractivity contribution < 1.29 is 9.90 Å². The Kier molecular flexibility index (Phi) is 3.71. The van der Waals surface area contributed by atoms with Crippen LogP contribution in [0.25, 0.3) is 10.4 Å². The van der Waals surface area contributed by atoms with Crippen LogP contribution in [0.1, 0.15) is 18.4 Å². The number of aliphatic carboxylic acids is 1. The first kappa shape index (κ1) is 11.1. The largest absolute Gasteiger partial charge is 0.481 e. The molecule has 2 atom stereocenters. The average molecular weight is 205 g/mol. The molecule has 1 rings (SSSR count). The van der Waals surface area contributed by atoms with Gasteiger partial charge in [0.2, 0.25) is 0 Å². The maximum Gasteiger partial charge on any atom is 0.313 e. The summed E-state index contributed by atoms with van der Waals surface area (Å²) in [5.41, 5.74) is 9.12. The van der Waals surface area contributed by atoms with Crippen LogP contribution in [0.2, 0.25) is 0 Å². The van der Waals surface area contributed by atoms with Crippen LogP contribution in [0.3, 0.4) is 0 Å². The molecule has 0 heterocycles. The third-order valence-electron chi connectivity index (χ3n) is 2.23. The molecule has 0 saturated carbocycles. The van der Waals surface area contributed by atoms with Crippen LogP contribution >= 0.6 is 0 Å². The summed E-state index contributed by atoms with van der Waals surface area (Å²) in [5, 5.41) is 12.2. The molecule has 5 heteroatoms. The van der Waals surface area contributed by atoms with Crippen molar-refractivity contribution in [2.45, 2.75) is 18.9 Å². The first-order chi connectivity index (χ1) is 7.16. The SMILES string of the molecule is C[C@H](c1ccccc1)[C@H](N=[N+]=[N-])C(=O)O. The Hall–Kier alpha value is -2.00. The van der Waals surface area contributed by atoms with Crippen LogP contribution in [0.15, 0.2) is 35.4 Å². The topological polar surface area (TPSA) is 86.1 Å². The van der Waals surface area contributed by atoms with Crippen molar-refractivity contribution in [2.24, 2.45) is 5.11 Å². The second kappa shape index (κ2) is 5.02. The van der Waals surface area contributed by atoms with Gasteiger partial charge in [0.15, 0.2) is 0 Å². The number of hydrogen-bond acceptors (Lipinski definition) is 2. The summed E-state index contributed by atoms with van der Waals surface area (Å²) in [6.07, 6.45) is 0. The van der Waals surface area contributed by atoms with Gasteiger partial charge in [0.05, 0.1) is 0 Å². The maximum atomic E-state index is 10.8. The van der Waals surface area contributed by atoms with Gasteiger partial charge >= 0.3 is 5.97 Å². The summed E-state index contributed by atoms with van der Waals surface area (Å²) in [6.45, 7) is 1.72. The molecular weight excluding hydrogens is 194 g/mol. The monoisotopic (exact) mass is 205 g/mol. The summed E-state index contributed by atoms with van der Waals surface area (Å²) in [5.74, 6) is -1.44. The predicted molar refractivity (Wildman–Crippen MR) is 55.4 cm³/mol. The summed E-state index contributed by atoms with van der Waals surface area (Å²) < 4.78 is 0. The van der Waals surface area contributed by atoms with Crippen LogP contribution in [0.5, 0.6) is 0 Å². The zero-order chi connectivity index (χ0) is 11.3. The lowest BCUT2D eigenvalue weighted by Crippen LogP contribution is -2.23. The number of hydrogen-bond donors (Lipinski definition) is 1. The van der Waals surface area contributed by atoms with Gasteiger partial charge < -0.3 is 5.11 Å². The molecule has 0 spiro atoms. The molecule has 0 bridgehead atoms. The second-order valence-corrected chi connectivity index (χ2v) is 3.19. The molecule has 1 aromatic rings. The van der Waals surface area contributed by atoms with E-state index in [0.717, 1.165) is 5.56 Å². The van der Waals surface area contributed by atoms with Crippen LogP contribution in [-0.2, 0) is 4.79 Å². The van der Waals surface area contributed by atoms with Crippen LogP contribution in [-0.4, -0.2) is 17.1 Å². The Balaban J connectivity index is 2.95. The fraction of sp³-hybridized carbons (Fsp3) is 0.300. The zero-order valence-electron chi connectivity index (χ0n) is 8.24. The fourth-order valence-electron chi connectivity index (χ4n) is 1.36. The van der Waals surface area contributed by atoms with Crippen molar-refractivity contribution >= 4 is 5.97 Å². The van der Waals surface area contributed by atoms with E-state index in [0.29, 0.717) is 0 Å². The van der Waals surface area contributed by atoms with E-state index in [1.165, 1.54) is 0 Å². The van der Waals surface area contributed by atoms with E-state index < -0.39 is 12.0 Å². The van der Waals surface area contributed by atoms with Crippen LogP contribution < -0.4 is 0 Å². The van der Waals surface area contributed by atoms with Crippen molar-refractivity contribution in [1.29, 1.82) is 0 Å². The average Bonchev–Trinajstić information content (AvgIpc) is 2.26. The molecule has 78 valence electrons. The predicted octanol–water partition coefficient (Wildman–Crippen LogP) is 2.55. The molecule has 1 N–H and O–H groups in total. The molecule has 5 nitrogen and oxygen atoms in total. The van der Waals surface area contributed by atoms with Gasteiger partial charge in [-0.3, -0.25) is 4.79 Å². The highest BCUT2D eigenvalue weighted by Crippen LogP contribution is 2.21. The molecule has 0 aliphatic carbocycles. The Morgan fingerprint density at radius 2 is 2.07 bits per heavy atom. The molecule has 0 saturated heterocycles. The van der Waals surface area contributed by atoms with Gasteiger partial charge in [-0.05, 0) is 11.1 Å². The minimum atomic E-state index is -1.11. The first-order valence-corrected chi connectivity index (χ1v) is 4.48. The van der Waals surface area contributed by atoms with Crippen molar-refractivity contribution in [3.05, 3.63) is 46.3 Å². The Morgan fingerprint density at radius 1 is 1.47 bits per heavy atom. The third-order valence-corrected chi connectivity index (χ3v) is 2.23. The van der Waals surface area contributed by atoms with E-state index in [1.54, 1.807) is 6.92 Å². The van der Waals surface area contributed by atoms with Crippen molar-refractivity contribution in [3.8, 4) is 0 Å². The molecule has 0 amide bonds. The maximum absolute atomic E-state index is 10.8. The van der Waals surface area contributed by atoms with Gasteiger partial charge in [0.25, 0.3) is 0 Å². The van der Waals surface area contributed by atoms with Crippen LogP contribution in [0.4, 0.5) is 0 Å². The lowest BCUT2D eigenvalue weighted by molar-refractivity contribution is -0.138. The lowest BCUT2D eigenvalue weighted by Gasteiger charge is -2.15. The zero-order valence-corrected chi connectivity index (χ0v) is 8.24. The molecule has 1 aromatic carbocycles. The van der Waals surface area contributed by atoms with Gasteiger partial charge in [0.1, 0.15) is 6.04 Å². The van der Waals surface area contributed by atoms with Gasteiger partial charge in [-0.1, -0.05) is 42.4 Å². The molecule has 0 unspecified atom stereocenters. The first-order valence-electron chi connectivity index (χ1n) is 4.48. The van der Waals surface area contributed by atoms with E-state index in [2.05, 4.69) is 10.0 Å². The second-order valence-electron chi connectivity index (χ2n) is 3.19. The highest BCUT2D eigenvalue weighted by atomic mass is 16.4. The Bertz CT molecular complexity index is 383. The number of rotatable bonds is 4. The van der Waals surface area contributed by atoms with Gasteiger partial charge in [0, 0.05) is 10.8 Å². The number of azide groups is 1. The highest BCUT2D eigenvalue weighted by Gasteiger charge is 2.24. The quantitative estimate of drug-likeness (QED) is 0.465. The van der Waals surface area contributed by atoms with Crippen molar-refractivity contribution in [1.82, 2.24) is 0 Å². The number of carboxylic acid groups (broad SMARTS) is 1. The molecule has 0 aliphatic heterocycles. The summed E-state index contributed by atoms with van der Waals surface area (Å²) in [7, 11) is 0. The molecule has 0 aromatic heterocycles. The molecule has 0 fully saturated rings. The molecule has 15 heavy (non-hydrogen) atoms. The van der Waals surface area contributed by atoms with Gasteiger partial charge in [-0.25, -0.2) is 0 Å². The third kappa shape index (κ3) is 2.72. The summed E-state index contributed by atoms with van der Waals surface area (Å²) in [6, 6.07) is 8.06. The van der Waals surface area contributed by atoms with E-state index in [1.807, 2.05) is 30.3 Å². The molecule has 0 radical (unpaired) electrons. The number of carboxylic acids is 1. The minimum Gasteiger partial charge on any atom is -0.481 e.